The van der Waals surface area contributed by atoms with Crippen LogP contribution in [0.4, 0.5) is 11.6 Å². The summed E-state index contributed by atoms with van der Waals surface area (Å²) >= 11 is 0. The molecule has 0 aromatic carbocycles. The van der Waals surface area contributed by atoms with Crippen LogP contribution in [0.25, 0.3) is 0 Å². The average Bonchev–Trinajstić information content (AvgIpc) is 2.58. The maximum atomic E-state index is 5.90. The summed E-state index contributed by atoms with van der Waals surface area (Å²) in [4.78, 5) is 9.83. The molecule has 1 fully saturated rings. The Morgan fingerprint density at radius 3 is 3.00 bits per heavy atom. The van der Waals surface area contributed by atoms with Gasteiger partial charge in [-0.15, -0.1) is 0 Å². The molecule has 1 atom stereocenters. The Balaban J connectivity index is 2.13. The maximum absolute atomic E-state index is 5.90. The molecule has 84 valence electrons. The van der Waals surface area contributed by atoms with E-state index in [1.807, 2.05) is 6.92 Å². The second-order valence-corrected chi connectivity index (χ2v) is 4.42. The van der Waals surface area contributed by atoms with Gasteiger partial charge in [0.1, 0.15) is 11.6 Å². The number of piperidine rings is 1. The zero-order chi connectivity index (χ0) is 10.8. The molecule has 1 aliphatic heterocycles. The smallest absolute Gasteiger partial charge is 0.171 e. The zero-order valence-corrected chi connectivity index (χ0v) is 9.58. The predicted molar refractivity (Wildman–Crippen MR) is 63.0 cm³/mol. The van der Waals surface area contributed by atoms with Crippen LogP contribution in [-0.4, -0.2) is 23.1 Å². The van der Waals surface area contributed by atoms with Gasteiger partial charge in [-0.1, -0.05) is 13.3 Å². The van der Waals surface area contributed by atoms with Crippen molar-refractivity contribution >= 4 is 11.6 Å². The van der Waals surface area contributed by atoms with Crippen molar-refractivity contribution in [2.24, 2.45) is 5.92 Å². The van der Waals surface area contributed by atoms with Gasteiger partial charge in [0, 0.05) is 13.1 Å². The topological polar surface area (TPSA) is 57.9 Å². The summed E-state index contributed by atoms with van der Waals surface area (Å²) in [7, 11) is 0. The van der Waals surface area contributed by atoms with Crippen LogP contribution < -0.4 is 10.6 Å². The van der Waals surface area contributed by atoms with Gasteiger partial charge < -0.3 is 15.6 Å². The van der Waals surface area contributed by atoms with E-state index in [1.54, 1.807) is 0 Å². The van der Waals surface area contributed by atoms with Gasteiger partial charge in [-0.05, 0) is 25.7 Å². The van der Waals surface area contributed by atoms with Crippen LogP contribution >= 0.6 is 0 Å². The number of hydrogen-bond donors (Lipinski definition) is 2. The third-order valence-electron chi connectivity index (χ3n) is 3.23. The molecule has 15 heavy (non-hydrogen) atoms. The molecule has 0 radical (unpaired) electrons. The fraction of sp³-hybridized carbons (Fsp3) is 0.727. The second kappa shape index (κ2) is 4.13. The van der Waals surface area contributed by atoms with Gasteiger partial charge in [0.05, 0.1) is 0 Å². The van der Waals surface area contributed by atoms with Crippen molar-refractivity contribution in [3.05, 3.63) is 5.82 Å². The highest BCUT2D eigenvalue weighted by Gasteiger charge is 2.21. The van der Waals surface area contributed by atoms with E-state index >= 15 is 0 Å². The molecule has 0 amide bonds. The zero-order valence-electron chi connectivity index (χ0n) is 9.58. The molecular weight excluding hydrogens is 188 g/mol. The minimum absolute atomic E-state index is 0.712. The first-order chi connectivity index (χ1) is 7.20. The lowest BCUT2D eigenvalue weighted by Gasteiger charge is -2.32. The first-order valence-electron chi connectivity index (χ1n) is 5.77. The summed E-state index contributed by atoms with van der Waals surface area (Å²) in [6, 6.07) is 0. The van der Waals surface area contributed by atoms with Crippen molar-refractivity contribution in [2.45, 2.75) is 33.1 Å². The number of imidazole rings is 1. The van der Waals surface area contributed by atoms with Crippen LogP contribution in [0.3, 0.4) is 0 Å². The number of nitrogens with zero attached hydrogens (tertiary/aromatic N) is 2. The Kier molecular flexibility index (Phi) is 2.84. The van der Waals surface area contributed by atoms with Gasteiger partial charge in [0.15, 0.2) is 5.82 Å². The van der Waals surface area contributed by atoms with Crippen molar-refractivity contribution in [3.8, 4) is 0 Å². The molecule has 1 unspecified atom stereocenters. The van der Waals surface area contributed by atoms with Crippen molar-refractivity contribution < 1.29 is 0 Å². The van der Waals surface area contributed by atoms with Gasteiger partial charge in [-0.25, -0.2) is 4.98 Å². The maximum Gasteiger partial charge on any atom is 0.171 e. The summed E-state index contributed by atoms with van der Waals surface area (Å²) in [5.74, 6) is 3.37. The summed E-state index contributed by atoms with van der Waals surface area (Å²) in [6.45, 7) is 6.39. The van der Waals surface area contributed by atoms with E-state index in [4.69, 9.17) is 5.73 Å². The van der Waals surface area contributed by atoms with Crippen LogP contribution in [0.1, 0.15) is 32.0 Å². The number of rotatable bonds is 2. The molecule has 0 aliphatic carbocycles. The lowest BCUT2D eigenvalue weighted by atomic mass is 9.96. The molecule has 1 saturated heterocycles. The number of nitrogens with two attached hydrogens (primary N) is 1. The molecular formula is C11H20N4. The average molecular weight is 208 g/mol. The molecule has 0 bridgehead atoms. The Hall–Kier alpha value is -1.19. The van der Waals surface area contributed by atoms with Crippen molar-refractivity contribution in [1.29, 1.82) is 0 Å². The number of aryl methyl sites for hydroxylation is 1. The Labute approximate surface area is 90.9 Å². The summed E-state index contributed by atoms with van der Waals surface area (Å²) in [5, 5.41) is 0. The highest BCUT2D eigenvalue weighted by atomic mass is 15.2. The van der Waals surface area contributed by atoms with E-state index in [-0.39, 0.29) is 0 Å². The van der Waals surface area contributed by atoms with E-state index in [9.17, 15) is 0 Å². The summed E-state index contributed by atoms with van der Waals surface area (Å²) in [5.41, 5.74) is 5.90. The highest BCUT2D eigenvalue weighted by molar-refractivity contribution is 5.59. The van der Waals surface area contributed by atoms with Crippen molar-refractivity contribution in [2.75, 3.05) is 23.7 Å². The Bertz CT molecular complexity index is 331. The number of aromatic nitrogens is 2. The molecule has 1 aromatic rings. The monoisotopic (exact) mass is 208 g/mol. The van der Waals surface area contributed by atoms with Crippen LogP contribution in [0.5, 0.6) is 0 Å². The minimum Gasteiger partial charge on any atom is -0.382 e. The van der Waals surface area contributed by atoms with E-state index in [1.165, 1.54) is 19.3 Å². The van der Waals surface area contributed by atoms with Gasteiger partial charge in [0.25, 0.3) is 0 Å². The quantitative estimate of drug-likeness (QED) is 0.780. The third-order valence-corrected chi connectivity index (χ3v) is 3.23. The fourth-order valence-corrected chi connectivity index (χ4v) is 2.33. The van der Waals surface area contributed by atoms with Crippen LogP contribution in [-0.2, 0) is 0 Å². The highest BCUT2D eigenvalue weighted by Crippen LogP contribution is 2.27. The van der Waals surface area contributed by atoms with Gasteiger partial charge >= 0.3 is 0 Å². The lowest BCUT2D eigenvalue weighted by molar-refractivity contribution is 0.403. The third kappa shape index (κ3) is 2.08. The Morgan fingerprint density at radius 2 is 2.40 bits per heavy atom. The number of nitrogen functional groups attached to an aromatic ring is 1. The standard InChI is InChI=1S/C11H20N4/c1-3-9-5-4-6-15(7-9)11-10(12)13-8(2)14-11/h9H,3-7,12H2,1-2H3,(H,13,14). The normalized spacial score (nSPS) is 22.0. The predicted octanol–water partition coefficient (Wildman–Crippen LogP) is 1.93. The van der Waals surface area contributed by atoms with Gasteiger partial charge in [-0.2, -0.15) is 0 Å². The molecule has 4 heteroatoms. The minimum atomic E-state index is 0.712. The van der Waals surface area contributed by atoms with Crippen molar-refractivity contribution in [1.82, 2.24) is 9.97 Å². The summed E-state index contributed by atoms with van der Waals surface area (Å²) in [6.07, 6.45) is 3.85. The van der Waals surface area contributed by atoms with Gasteiger partial charge in [-0.3, -0.25) is 0 Å². The van der Waals surface area contributed by atoms with E-state index < -0.39 is 0 Å². The number of aromatic amines is 1. The number of anilines is 2. The van der Waals surface area contributed by atoms with Gasteiger partial charge in [0.2, 0.25) is 0 Å². The first kappa shape index (κ1) is 10.3. The van der Waals surface area contributed by atoms with Crippen molar-refractivity contribution in [3.63, 3.8) is 0 Å². The molecule has 1 aromatic heterocycles. The molecule has 0 spiro atoms. The largest absolute Gasteiger partial charge is 0.382 e. The first-order valence-corrected chi connectivity index (χ1v) is 5.77. The van der Waals surface area contributed by atoms with Crippen LogP contribution in [0, 0.1) is 12.8 Å². The lowest BCUT2D eigenvalue weighted by Crippen LogP contribution is -2.35. The molecule has 4 nitrogen and oxygen atoms in total. The fourth-order valence-electron chi connectivity index (χ4n) is 2.33. The van der Waals surface area contributed by atoms with E-state index in [0.717, 1.165) is 30.6 Å². The SMILES string of the molecule is CCC1CCCN(c2nc(C)[nH]c2N)C1. The molecule has 3 N–H and O–H groups in total. The second-order valence-electron chi connectivity index (χ2n) is 4.42. The Morgan fingerprint density at radius 1 is 1.60 bits per heavy atom. The number of hydrogen-bond acceptors (Lipinski definition) is 3. The van der Waals surface area contributed by atoms with E-state index in [0.29, 0.717) is 5.82 Å². The molecule has 0 saturated carbocycles. The summed E-state index contributed by atoms with van der Waals surface area (Å²) < 4.78 is 0. The number of H-pyrrole nitrogens is 1. The molecule has 1 aliphatic rings. The van der Waals surface area contributed by atoms with Crippen LogP contribution in [0.2, 0.25) is 0 Å². The molecule has 2 rings (SSSR count). The van der Waals surface area contributed by atoms with Crippen LogP contribution in [0.15, 0.2) is 0 Å². The van der Waals surface area contributed by atoms with E-state index in [2.05, 4.69) is 21.8 Å². The molecule has 2 heterocycles. The number of nitrogens with one attached hydrogen (secondary N) is 1.